The highest BCUT2D eigenvalue weighted by Gasteiger charge is 2.09. The van der Waals surface area contributed by atoms with Crippen LogP contribution < -0.4 is 5.32 Å². The number of rotatable bonds is 5. The molecule has 3 rings (SSSR count). The van der Waals surface area contributed by atoms with Crippen LogP contribution in [0.25, 0.3) is 0 Å². The van der Waals surface area contributed by atoms with Gasteiger partial charge < -0.3 is 5.32 Å². The monoisotopic (exact) mass is 358 g/mol. The number of thioether (sulfide) groups is 1. The second-order valence-electron chi connectivity index (χ2n) is 5.10. The molecule has 2 aromatic carbocycles. The number of carbonyl (C=O) groups is 1. The number of hydrogen-bond donors (Lipinski definition) is 1. The molecule has 0 bridgehead atoms. The minimum absolute atomic E-state index is 0.180. The molecule has 122 valence electrons. The predicted molar refractivity (Wildman–Crippen MR) is 97.2 cm³/mol. The van der Waals surface area contributed by atoms with Crippen LogP contribution in [-0.2, 0) is 5.75 Å². The van der Waals surface area contributed by atoms with Gasteiger partial charge in [-0.3, -0.25) is 4.79 Å². The summed E-state index contributed by atoms with van der Waals surface area (Å²) < 4.78 is 13.6. The zero-order valence-corrected chi connectivity index (χ0v) is 14.6. The summed E-state index contributed by atoms with van der Waals surface area (Å²) in [5.41, 5.74) is 1.73. The average molecular weight is 358 g/mol. The first kappa shape index (κ1) is 16.7. The molecule has 1 aromatic heterocycles. The van der Waals surface area contributed by atoms with E-state index < -0.39 is 5.82 Å². The molecule has 0 unspecified atom stereocenters. The number of hydrogen-bond acceptors (Lipinski definition) is 4. The minimum atomic E-state index is -0.448. The lowest BCUT2D eigenvalue weighted by Gasteiger charge is -2.07. The molecule has 0 fully saturated rings. The number of carbonyl (C=O) groups excluding carboxylic acids is 1. The van der Waals surface area contributed by atoms with E-state index in [9.17, 15) is 9.18 Å². The average Bonchev–Trinajstić information content (AvgIpc) is 3.01. The first-order valence-corrected chi connectivity index (χ1v) is 9.18. The molecule has 0 saturated carbocycles. The van der Waals surface area contributed by atoms with Crippen molar-refractivity contribution in [2.24, 2.45) is 0 Å². The van der Waals surface area contributed by atoms with Crippen molar-refractivity contribution in [1.29, 1.82) is 0 Å². The molecule has 24 heavy (non-hydrogen) atoms. The van der Waals surface area contributed by atoms with Crippen LogP contribution >= 0.6 is 23.1 Å². The molecule has 3 aromatic rings. The third-order valence-corrected chi connectivity index (χ3v) is 5.16. The van der Waals surface area contributed by atoms with Gasteiger partial charge in [0.15, 0.2) is 0 Å². The normalized spacial score (nSPS) is 10.6. The summed E-state index contributed by atoms with van der Waals surface area (Å²) >= 11 is 3.31. The predicted octanol–water partition coefficient (Wildman–Crippen LogP) is 5.14. The maximum Gasteiger partial charge on any atom is 0.255 e. The van der Waals surface area contributed by atoms with Gasteiger partial charge in [-0.25, -0.2) is 9.37 Å². The zero-order valence-electron chi connectivity index (χ0n) is 13.0. The van der Waals surface area contributed by atoms with Crippen LogP contribution in [0.3, 0.4) is 0 Å². The highest BCUT2D eigenvalue weighted by Crippen LogP contribution is 2.24. The molecule has 1 N–H and O–H groups in total. The van der Waals surface area contributed by atoms with E-state index in [1.165, 1.54) is 12.1 Å². The second-order valence-corrected chi connectivity index (χ2v) is 7.22. The van der Waals surface area contributed by atoms with Gasteiger partial charge in [-0.15, -0.1) is 23.1 Å². The number of aromatic nitrogens is 1. The van der Waals surface area contributed by atoms with Gasteiger partial charge in [-0.05, 0) is 43.3 Å². The molecular formula is C18H15FN2OS2. The minimum Gasteiger partial charge on any atom is -0.319 e. The Labute approximate surface area is 148 Å². The fourth-order valence-corrected chi connectivity index (χ4v) is 3.60. The van der Waals surface area contributed by atoms with Gasteiger partial charge in [-0.2, -0.15) is 0 Å². The number of nitrogens with zero attached hydrogens (tertiary/aromatic N) is 1. The van der Waals surface area contributed by atoms with Crippen molar-refractivity contribution in [2.75, 3.05) is 5.32 Å². The number of nitrogens with one attached hydrogen (secondary N) is 1. The third-order valence-electron chi connectivity index (χ3n) is 3.29. The van der Waals surface area contributed by atoms with Crippen molar-refractivity contribution >= 4 is 34.7 Å². The lowest BCUT2D eigenvalue weighted by atomic mass is 10.2. The fourth-order valence-electron chi connectivity index (χ4n) is 2.09. The quantitative estimate of drug-likeness (QED) is 0.643. The Morgan fingerprint density at radius 1 is 1.21 bits per heavy atom. The smallest absolute Gasteiger partial charge is 0.255 e. The van der Waals surface area contributed by atoms with E-state index >= 15 is 0 Å². The Bertz CT molecular complexity index is 846. The van der Waals surface area contributed by atoms with Crippen molar-refractivity contribution in [3.63, 3.8) is 0 Å². The van der Waals surface area contributed by atoms with Crippen molar-refractivity contribution < 1.29 is 9.18 Å². The number of anilines is 1. The summed E-state index contributed by atoms with van der Waals surface area (Å²) in [7, 11) is 0. The van der Waals surface area contributed by atoms with Gasteiger partial charge in [0.2, 0.25) is 0 Å². The summed E-state index contributed by atoms with van der Waals surface area (Å²) in [6.45, 7) is 1.99. The van der Waals surface area contributed by atoms with Gasteiger partial charge in [0, 0.05) is 21.6 Å². The molecule has 0 aliphatic heterocycles. The maximum absolute atomic E-state index is 13.6. The Balaban J connectivity index is 1.61. The van der Waals surface area contributed by atoms with E-state index in [0.717, 1.165) is 21.3 Å². The molecule has 0 aliphatic rings. The summed E-state index contributed by atoms with van der Waals surface area (Å²) in [5, 5.41) is 5.69. The van der Waals surface area contributed by atoms with Crippen LogP contribution in [0, 0.1) is 12.7 Å². The summed E-state index contributed by atoms with van der Waals surface area (Å²) in [4.78, 5) is 17.6. The number of amides is 1. The fraction of sp³-hybridized carbons (Fsp3) is 0.111. The lowest BCUT2D eigenvalue weighted by molar-refractivity contribution is 0.102. The summed E-state index contributed by atoms with van der Waals surface area (Å²) in [5.74, 6) is 0.0221. The van der Waals surface area contributed by atoms with Crippen LogP contribution in [0.15, 0.2) is 58.8 Å². The van der Waals surface area contributed by atoms with Crippen LogP contribution in [0.1, 0.15) is 21.1 Å². The number of para-hydroxylation sites is 1. The van der Waals surface area contributed by atoms with Crippen molar-refractivity contribution in [2.45, 2.75) is 17.6 Å². The van der Waals surface area contributed by atoms with Crippen LogP contribution in [-0.4, -0.2) is 10.9 Å². The summed E-state index contributed by atoms with van der Waals surface area (Å²) in [6.07, 6.45) is 0. The lowest BCUT2D eigenvalue weighted by Crippen LogP contribution is -2.12. The third kappa shape index (κ3) is 4.21. The second kappa shape index (κ2) is 7.59. The van der Waals surface area contributed by atoms with Gasteiger partial charge >= 0.3 is 0 Å². The largest absolute Gasteiger partial charge is 0.319 e. The molecule has 3 nitrogen and oxygen atoms in total. The highest BCUT2D eigenvalue weighted by atomic mass is 32.2. The Morgan fingerprint density at radius 3 is 2.62 bits per heavy atom. The van der Waals surface area contributed by atoms with E-state index in [-0.39, 0.29) is 11.6 Å². The first-order valence-electron chi connectivity index (χ1n) is 7.31. The Hall–Kier alpha value is -2.18. The molecule has 6 heteroatoms. The van der Waals surface area contributed by atoms with Gasteiger partial charge in [-0.1, -0.05) is 12.1 Å². The number of aryl methyl sites for hydroxylation is 1. The Morgan fingerprint density at radius 2 is 1.96 bits per heavy atom. The zero-order chi connectivity index (χ0) is 16.9. The Kier molecular flexibility index (Phi) is 5.27. The topological polar surface area (TPSA) is 42.0 Å². The number of halogens is 1. The molecule has 0 aliphatic carbocycles. The van der Waals surface area contributed by atoms with Gasteiger partial charge in [0.25, 0.3) is 5.91 Å². The molecular weight excluding hydrogens is 343 g/mol. The SMILES string of the molecule is Cc1nc(CSc2ccc(C(=O)Nc3ccccc3F)cc2)cs1. The van der Waals surface area contributed by atoms with Crippen LogP contribution in [0.2, 0.25) is 0 Å². The maximum atomic E-state index is 13.6. The molecule has 1 heterocycles. The van der Waals surface area contributed by atoms with E-state index in [4.69, 9.17) is 0 Å². The summed E-state index contributed by atoms with van der Waals surface area (Å²) in [6, 6.07) is 13.4. The molecule has 0 saturated heterocycles. The molecule has 0 spiro atoms. The highest BCUT2D eigenvalue weighted by molar-refractivity contribution is 7.98. The van der Waals surface area contributed by atoms with Crippen molar-refractivity contribution in [1.82, 2.24) is 4.98 Å². The molecule has 0 radical (unpaired) electrons. The van der Waals surface area contributed by atoms with E-state index in [0.29, 0.717) is 5.56 Å². The van der Waals surface area contributed by atoms with E-state index in [2.05, 4.69) is 15.7 Å². The number of thiazole rings is 1. The van der Waals surface area contributed by atoms with Crippen LogP contribution in [0.5, 0.6) is 0 Å². The van der Waals surface area contributed by atoms with E-state index in [1.54, 1.807) is 47.4 Å². The first-order chi connectivity index (χ1) is 11.6. The molecule has 1 amide bonds. The number of benzene rings is 2. The van der Waals surface area contributed by atoms with Gasteiger partial charge in [0.05, 0.1) is 16.4 Å². The van der Waals surface area contributed by atoms with E-state index in [1.807, 2.05) is 19.1 Å². The molecule has 0 atom stereocenters. The van der Waals surface area contributed by atoms with Crippen molar-refractivity contribution in [3.05, 3.63) is 76.0 Å². The van der Waals surface area contributed by atoms with Crippen molar-refractivity contribution in [3.8, 4) is 0 Å². The van der Waals surface area contributed by atoms with Gasteiger partial charge in [0.1, 0.15) is 5.82 Å². The van der Waals surface area contributed by atoms with Crippen LogP contribution in [0.4, 0.5) is 10.1 Å². The standard InChI is InChI=1S/C18H15FN2OS2/c1-12-20-14(10-23-12)11-24-15-8-6-13(7-9-15)18(22)21-17-5-3-2-4-16(17)19/h2-10H,11H2,1H3,(H,21,22).